The van der Waals surface area contributed by atoms with Gasteiger partial charge in [0.2, 0.25) is 0 Å². The average molecular weight is 727 g/mol. The minimum Gasteiger partial charge on any atom is -0.491 e. The minimum atomic E-state index is -0.582. The summed E-state index contributed by atoms with van der Waals surface area (Å²) in [4.78, 5) is 16.4. The van der Waals surface area contributed by atoms with Crippen molar-refractivity contribution in [3.63, 3.8) is 0 Å². The molecule has 0 aliphatic carbocycles. The molecule has 2 heterocycles. The summed E-state index contributed by atoms with van der Waals surface area (Å²) in [6, 6.07) is 28.0. The van der Waals surface area contributed by atoms with Crippen LogP contribution in [0.1, 0.15) is 47.5 Å². The van der Waals surface area contributed by atoms with Crippen LogP contribution in [0.3, 0.4) is 0 Å². The second-order valence-corrected chi connectivity index (χ2v) is 13.5. The van der Waals surface area contributed by atoms with Crippen molar-refractivity contribution in [2.45, 2.75) is 53.1 Å². The summed E-state index contributed by atoms with van der Waals surface area (Å²) in [7, 11) is 0. The first-order valence-electron chi connectivity index (χ1n) is 18.6. The van der Waals surface area contributed by atoms with Crippen LogP contribution in [0.4, 0.5) is 4.79 Å². The summed E-state index contributed by atoms with van der Waals surface area (Å²) in [5.41, 5.74) is 3.24. The van der Waals surface area contributed by atoms with E-state index in [1.807, 2.05) is 81.4 Å². The molecule has 6 rings (SSSR count). The van der Waals surface area contributed by atoms with Gasteiger partial charge in [0.25, 0.3) is 0 Å². The SMILES string of the molecule is CCCOCCOCCOc1ccc2c(c1)[nH]c1ccccc12.CCCOCCOCCOc1ccc2c3ccccc3n(C(=O)OC(C)(C)C)c2c1. The van der Waals surface area contributed by atoms with Gasteiger partial charge in [-0.25, -0.2) is 9.36 Å². The number of para-hydroxylation sites is 2. The van der Waals surface area contributed by atoms with E-state index in [2.05, 4.69) is 43.1 Å². The van der Waals surface area contributed by atoms with Crippen molar-refractivity contribution in [3.8, 4) is 11.5 Å². The number of aromatic amines is 1. The third-order valence-corrected chi connectivity index (χ3v) is 8.13. The van der Waals surface area contributed by atoms with Gasteiger partial charge in [-0.15, -0.1) is 0 Å². The van der Waals surface area contributed by atoms with E-state index in [9.17, 15) is 4.79 Å². The first-order valence-corrected chi connectivity index (χ1v) is 18.6. The number of carbonyl (C=O) groups excluding carboxylic acids is 1. The van der Waals surface area contributed by atoms with Gasteiger partial charge < -0.3 is 38.1 Å². The fraction of sp³-hybridized carbons (Fsp3) is 0.419. The molecule has 53 heavy (non-hydrogen) atoms. The number of hydrogen-bond acceptors (Lipinski definition) is 8. The molecule has 0 spiro atoms. The third kappa shape index (κ3) is 11.4. The van der Waals surface area contributed by atoms with Crippen molar-refractivity contribution in [1.82, 2.24) is 9.55 Å². The summed E-state index contributed by atoms with van der Waals surface area (Å²) < 4.78 is 40.6. The number of H-pyrrole nitrogens is 1. The Morgan fingerprint density at radius 1 is 0.547 bits per heavy atom. The zero-order valence-corrected chi connectivity index (χ0v) is 31.8. The Labute approximate surface area is 312 Å². The van der Waals surface area contributed by atoms with Crippen molar-refractivity contribution < 1.29 is 38.0 Å². The molecule has 0 saturated carbocycles. The van der Waals surface area contributed by atoms with Crippen LogP contribution in [0.15, 0.2) is 84.9 Å². The van der Waals surface area contributed by atoms with Gasteiger partial charge in [-0.1, -0.05) is 50.2 Å². The maximum absolute atomic E-state index is 12.9. The van der Waals surface area contributed by atoms with Crippen molar-refractivity contribution in [2.75, 3.05) is 66.1 Å². The summed E-state index contributed by atoms with van der Waals surface area (Å²) in [5.74, 6) is 1.54. The van der Waals surface area contributed by atoms with E-state index in [0.717, 1.165) is 64.6 Å². The molecule has 0 unspecified atom stereocenters. The molecular formula is C43H54N2O8. The summed E-state index contributed by atoms with van der Waals surface area (Å²) in [5, 5.41) is 4.44. The lowest BCUT2D eigenvalue weighted by Gasteiger charge is -2.20. The number of hydrogen-bond donors (Lipinski definition) is 1. The molecule has 0 atom stereocenters. The van der Waals surface area contributed by atoms with Gasteiger partial charge in [0.05, 0.1) is 56.2 Å². The highest BCUT2D eigenvalue weighted by Gasteiger charge is 2.22. The van der Waals surface area contributed by atoms with Gasteiger partial charge >= 0.3 is 6.09 Å². The first-order chi connectivity index (χ1) is 25.8. The molecule has 10 heteroatoms. The summed E-state index contributed by atoms with van der Waals surface area (Å²) in [6.45, 7) is 15.7. The van der Waals surface area contributed by atoms with Gasteiger partial charge in [0.1, 0.15) is 30.3 Å². The lowest BCUT2D eigenvalue weighted by molar-refractivity contribution is 0.0366. The normalized spacial score (nSPS) is 11.6. The Morgan fingerprint density at radius 3 is 1.66 bits per heavy atom. The van der Waals surface area contributed by atoms with Gasteiger partial charge in [-0.2, -0.15) is 0 Å². The Hall–Kier alpha value is -4.61. The van der Waals surface area contributed by atoms with Crippen LogP contribution in [-0.4, -0.2) is 87.3 Å². The van der Waals surface area contributed by atoms with E-state index in [1.165, 1.54) is 10.8 Å². The molecule has 0 fully saturated rings. The van der Waals surface area contributed by atoms with E-state index in [1.54, 1.807) is 4.57 Å². The van der Waals surface area contributed by atoms with Crippen LogP contribution in [0.2, 0.25) is 0 Å². The van der Waals surface area contributed by atoms with Crippen LogP contribution >= 0.6 is 0 Å². The zero-order valence-electron chi connectivity index (χ0n) is 31.8. The highest BCUT2D eigenvalue weighted by molar-refractivity contribution is 6.12. The highest BCUT2D eigenvalue weighted by atomic mass is 16.6. The molecule has 0 aliphatic rings. The number of nitrogens with zero attached hydrogens (tertiary/aromatic N) is 1. The zero-order chi connectivity index (χ0) is 37.5. The monoisotopic (exact) mass is 726 g/mol. The van der Waals surface area contributed by atoms with Gasteiger partial charge in [0, 0.05) is 52.4 Å². The van der Waals surface area contributed by atoms with Gasteiger partial charge in [-0.05, 0) is 70.0 Å². The van der Waals surface area contributed by atoms with Crippen LogP contribution in [0.25, 0.3) is 43.6 Å². The number of nitrogens with one attached hydrogen (secondary N) is 1. The maximum Gasteiger partial charge on any atom is 0.419 e. The number of rotatable bonds is 18. The predicted octanol–water partition coefficient (Wildman–Crippen LogP) is 9.54. The van der Waals surface area contributed by atoms with E-state index in [0.29, 0.717) is 58.6 Å². The number of carbonyl (C=O) groups is 1. The Morgan fingerprint density at radius 2 is 1.04 bits per heavy atom. The molecule has 0 radical (unpaired) electrons. The minimum absolute atomic E-state index is 0.402. The quantitative estimate of drug-likeness (QED) is 0.0875. The van der Waals surface area contributed by atoms with E-state index in [4.69, 9.17) is 33.2 Å². The molecule has 4 aromatic carbocycles. The number of aromatic nitrogens is 2. The molecule has 6 aromatic rings. The molecule has 0 amide bonds. The van der Waals surface area contributed by atoms with Crippen molar-refractivity contribution >= 4 is 49.7 Å². The maximum atomic E-state index is 12.9. The summed E-state index contributed by atoms with van der Waals surface area (Å²) >= 11 is 0. The predicted molar refractivity (Wildman–Crippen MR) is 212 cm³/mol. The first kappa shape index (κ1) is 39.6. The Balaban J connectivity index is 0.000000211. The summed E-state index contributed by atoms with van der Waals surface area (Å²) in [6.07, 6.45) is 1.64. The molecule has 2 aromatic heterocycles. The molecular weight excluding hydrogens is 672 g/mol. The standard InChI is InChI=1S/C24H31NO5.C19H23NO3/c1-5-12-27-13-14-28-15-16-29-18-10-11-20-19-8-6-7-9-21(19)25(22(20)17-18)23(26)30-24(2,3)4;1-2-9-21-10-11-22-12-13-23-15-7-8-17-16-5-3-4-6-18(16)20-19(17)14-15/h6-11,17H,5,12-16H2,1-4H3;3-8,14,20H,2,9-13H2,1H3. The highest BCUT2D eigenvalue weighted by Crippen LogP contribution is 2.32. The average Bonchev–Trinajstić information content (AvgIpc) is 3.68. The van der Waals surface area contributed by atoms with Crippen LogP contribution in [0.5, 0.6) is 11.5 Å². The van der Waals surface area contributed by atoms with Crippen LogP contribution < -0.4 is 9.47 Å². The van der Waals surface area contributed by atoms with Crippen molar-refractivity contribution in [2.24, 2.45) is 0 Å². The smallest absolute Gasteiger partial charge is 0.419 e. The third-order valence-electron chi connectivity index (χ3n) is 8.13. The molecule has 0 saturated heterocycles. The molecule has 0 aliphatic heterocycles. The molecule has 284 valence electrons. The molecule has 10 nitrogen and oxygen atoms in total. The largest absolute Gasteiger partial charge is 0.491 e. The number of benzene rings is 4. The molecule has 0 bridgehead atoms. The lowest BCUT2D eigenvalue weighted by Crippen LogP contribution is -2.27. The second kappa shape index (κ2) is 20.0. The van der Waals surface area contributed by atoms with E-state index < -0.39 is 11.7 Å². The fourth-order valence-corrected chi connectivity index (χ4v) is 5.84. The lowest BCUT2D eigenvalue weighted by atomic mass is 10.1. The second-order valence-electron chi connectivity index (χ2n) is 13.5. The number of ether oxygens (including phenoxy) is 7. The topological polar surface area (TPSA) is 102 Å². The van der Waals surface area contributed by atoms with E-state index >= 15 is 0 Å². The number of fused-ring (bicyclic) bond motifs is 6. The van der Waals surface area contributed by atoms with Crippen LogP contribution in [-0.2, 0) is 23.7 Å². The fourth-order valence-electron chi connectivity index (χ4n) is 5.84. The Bertz CT molecular complexity index is 2030. The van der Waals surface area contributed by atoms with Gasteiger partial charge in [-0.3, -0.25) is 0 Å². The Kier molecular flexibility index (Phi) is 14.9. The van der Waals surface area contributed by atoms with Gasteiger partial charge in [0.15, 0.2) is 0 Å². The van der Waals surface area contributed by atoms with Crippen molar-refractivity contribution in [1.29, 1.82) is 0 Å². The van der Waals surface area contributed by atoms with E-state index in [-0.39, 0.29) is 0 Å². The molecule has 1 N–H and O–H groups in total. The van der Waals surface area contributed by atoms with Crippen molar-refractivity contribution in [3.05, 3.63) is 84.9 Å². The van der Waals surface area contributed by atoms with Crippen LogP contribution in [0, 0.1) is 0 Å².